The lowest BCUT2D eigenvalue weighted by Gasteiger charge is -2.32. The number of piperidine rings is 1. The van der Waals surface area contributed by atoms with Crippen LogP contribution in [0.2, 0.25) is 5.02 Å². The predicted molar refractivity (Wildman–Crippen MR) is 158 cm³/mol. The second-order valence-corrected chi connectivity index (χ2v) is 12.7. The van der Waals surface area contributed by atoms with E-state index < -0.39 is 39.8 Å². The van der Waals surface area contributed by atoms with E-state index in [1.165, 1.54) is 19.2 Å². The van der Waals surface area contributed by atoms with E-state index >= 15 is 0 Å². The van der Waals surface area contributed by atoms with E-state index in [0.29, 0.717) is 31.9 Å². The highest BCUT2D eigenvalue weighted by Gasteiger charge is 2.38. The maximum atomic E-state index is 13.8. The number of halogens is 4. The van der Waals surface area contributed by atoms with Gasteiger partial charge in [-0.15, -0.1) is 0 Å². The van der Waals surface area contributed by atoms with Crippen LogP contribution in [0.5, 0.6) is 11.6 Å². The largest absolute Gasteiger partial charge is 0.495 e. The number of nitrogens with zero attached hydrogens (tertiary/aromatic N) is 3. The van der Waals surface area contributed by atoms with Crippen molar-refractivity contribution >= 4 is 39.2 Å². The normalized spacial score (nSPS) is 20.2. The van der Waals surface area contributed by atoms with E-state index in [1.54, 1.807) is 0 Å². The van der Waals surface area contributed by atoms with Crippen molar-refractivity contribution in [2.75, 3.05) is 38.8 Å². The Kier molecular flexibility index (Phi) is 11.5. The standard InChI is InChI=1S/C26H34ClF3N6O5S.CH4/c1-36-10-8-15(9-11-36)32-23(37)16-12-22(40-2)20(13-18(16)27)33-25-31-14-17(26(28,29)30)24(34-25)41-21-7-5-4-6-19(21)35-42(3,38)39;/h12-15,19,21,35H,4-11H2,1-3H3,(H,32,37)(H,31,33,34);1H4/t19-,21-;/m1./s1. The van der Waals surface area contributed by atoms with Crippen molar-refractivity contribution in [1.82, 2.24) is 24.9 Å². The summed E-state index contributed by atoms with van der Waals surface area (Å²) in [5.41, 5.74) is -0.821. The maximum Gasteiger partial charge on any atom is 0.423 e. The predicted octanol–water partition coefficient (Wildman–Crippen LogP) is 4.60. The third-order valence-electron chi connectivity index (χ3n) is 7.22. The first-order valence-corrected chi connectivity index (χ1v) is 15.7. The first-order chi connectivity index (χ1) is 19.7. The quantitative estimate of drug-likeness (QED) is 0.356. The van der Waals surface area contributed by atoms with Crippen LogP contribution < -0.4 is 24.8 Å². The van der Waals surface area contributed by atoms with Gasteiger partial charge in [-0.3, -0.25) is 4.79 Å². The zero-order chi connectivity index (χ0) is 30.7. The van der Waals surface area contributed by atoms with Crippen LogP contribution in [0.15, 0.2) is 18.3 Å². The van der Waals surface area contributed by atoms with Crippen LogP contribution in [-0.4, -0.2) is 80.9 Å². The second-order valence-electron chi connectivity index (χ2n) is 10.6. The molecule has 1 aromatic carbocycles. The number of benzene rings is 1. The van der Waals surface area contributed by atoms with Crippen molar-refractivity contribution in [1.29, 1.82) is 0 Å². The molecular formula is C27H38ClF3N6O5S. The number of aromatic nitrogens is 2. The van der Waals surface area contributed by atoms with Gasteiger partial charge in [0.15, 0.2) is 0 Å². The van der Waals surface area contributed by atoms with Gasteiger partial charge in [-0.1, -0.05) is 25.4 Å². The van der Waals surface area contributed by atoms with Crippen molar-refractivity contribution in [3.63, 3.8) is 0 Å². The van der Waals surface area contributed by atoms with E-state index in [9.17, 15) is 26.4 Å². The van der Waals surface area contributed by atoms with Gasteiger partial charge < -0.3 is 25.0 Å². The minimum atomic E-state index is -4.83. The second kappa shape index (κ2) is 14.3. The van der Waals surface area contributed by atoms with Gasteiger partial charge in [-0.05, 0) is 64.4 Å². The molecule has 1 saturated heterocycles. The number of alkyl halides is 3. The number of ether oxygens (including phenoxy) is 2. The van der Waals surface area contributed by atoms with Gasteiger partial charge in [0.1, 0.15) is 17.4 Å². The first-order valence-electron chi connectivity index (χ1n) is 13.5. The Morgan fingerprint density at radius 1 is 1.14 bits per heavy atom. The van der Waals surface area contributed by atoms with Gasteiger partial charge in [0.25, 0.3) is 5.91 Å². The summed E-state index contributed by atoms with van der Waals surface area (Å²) in [7, 11) is -0.237. The molecular weight excluding hydrogens is 613 g/mol. The van der Waals surface area contributed by atoms with Crippen LogP contribution in [0, 0.1) is 0 Å². The number of amides is 1. The molecule has 1 aliphatic carbocycles. The highest BCUT2D eigenvalue weighted by atomic mass is 35.5. The molecule has 2 aromatic rings. The minimum absolute atomic E-state index is 0. The lowest BCUT2D eigenvalue weighted by atomic mass is 9.93. The summed E-state index contributed by atoms with van der Waals surface area (Å²) in [6.45, 7) is 1.72. The monoisotopic (exact) mass is 650 g/mol. The molecule has 1 aromatic heterocycles. The average Bonchev–Trinajstić information content (AvgIpc) is 2.90. The molecule has 4 rings (SSSR count). The molecule has 2 fully saturated rings. The number of carbonyl (C=O) groups is 1. The van der Waals surface area contributed by atoms with Crippen LogP contribution in [0.25, 0.3) is 0 Å². The topological polar surface area (TPSA) is 135 Å². The Labute approximate surface area is 254 Å². The summed E-state index contributed by atoms with van der Waals surface area (Å²) in [5, 5.41) is 5.87. The molecule has 1 amide bonds. The summed E-state index contributed by atoms with van der Waals surface area (Å²) in [6.07, 6.45) is -0.436. The number of likely N-dealkylation sites (tertiary alicyclic amines) is 1. The molecule has 0 spiro atoms. The van der Waals surface area contributed by atoms with Gasteiger partial charge in [0, 0.05) is 12.2 Å². The van der Waals surface area contributed by atoms with Gasteiger partial charge in [0.05, 0.1) is 35.7 Å². The van der Waals surface area contributed by atoms with Gasteiger partial charge in [0.2, 0.25) is 21.9 Å². The van der Waals surface area contributed by atoms with E-state index in [4.69, 9.17) is 21.1 Å². The van der Waals surface area contributed by atoms with Crippen molar-refractivity contribution in [2.24, 2.45) is 0 Å². The smallest absolute Gasteiger partial charge is 0.423 e. The van der Waals surface area contributed by atoms with E-state index in [1.807, 2.05) is 7.05 Å². The number of methoxy groups -OCH3 is 1. The third-order valence-corrected chi connectivity index (χ3v) is 8.27. The van der Waals surface area contributed by atoms with Gasteiger partial charge in [-0.2, -0.15) is 18.2 Å². The van der Waals surface area contributed by atoms with Crippen molar-refractivity contribution < 1.29 is 35.9 Å². The van der Waals surface area contributed by atoms with Crippen LogP contribution in [0.1, 0.15) is 61.9 Å². The van der Waals surface area contributed by atoms with Crippen molar-refractivity contribution in [3.05, 3.63) is 34.5 Å². The van der Waals surface area contributed by atoms with Crippen molar-refractivity contribution in [3.8, 4) is 11.6 Å². The fourth-order valence-electron chi connectivity index (χ4n) is 5.03. The summed E-state index contributed by atoms with van der Waals surface area (Å²) in [5.74, 6) is -1.18. The Balaban J connectivity index is 0.00000506. The minimum Gasteiger partial charge on any atom is -0.495 e. The summed E-state index contributed by atoms with van der Waals surface area (Å²) >= 11 is 6.44. The Morgan fingerprint density at radius 3 is 2.44 bits per heavy atom. The molecule has 240 valence electrons. The van der Waals surface area contributed by atoms with Crippen LogP contribution in [0.4, 0.5) is 24.8 Å². The fraction of sp³-hybridized carbons (Fsp3) is 0.593. The van der Waals surface area contributed by atoms with E-state index in [-0.39, 0.29) is 47.3 Å². The number of hydrogen-bond donors (Lipinski definition) is 3. The molecule has 0 unspecified atom stereocenters. The highest BCUT2D eigenvalue weighted by Crippen LogP contribution is 2.38. The number of carbonyl (C=O) groups excluding carboxylic acids is 1. The summed E-state index contributed by atoms with van der Waals surface area (Å²) in [4.78, 5) is 22.9. The summed E-state index contributed by atoms with van der Waals surface area (Å²) < 4.78 is 78.7. The van der Waals surface area contributed by atoms with Crippen LogP contribution in [0.3, 0.4) is 0 Å². The Morgan fingerprint density at radius 2 is 1.81 bits per heavy atom. The van der Waals surface area contributed by atoms with E-state index in [0.717, 1.165) is 32.2 Å². The van der Waals surface area contributed by atoms with Crippen LogP contribution in [-0.2, 0) is 16.2 Å². The van der Waals surface area contributed by atoms with Gasteiger partial charge in [-0.25, -0.2) is 18.1 Å². The summed E-state index contributed by atoms with van der Waals surface area (Å²) in [6, 6.07) is 2.12. The number of rotatable bonds is 9. The molecule has 16 heteroatoms. The molecule has 3 N–H and O–H groups in total. The molecule has 11 nitrogen and oxygen atoms in total. The SMILES string of the molecule is C.COc1cc(C(=O)NC2CCN(C)CC2)c(Cl)cc1Nc1ncc(C(F)(F)F)c(O[C@@H]2CCCC[C@H]2NS(C)(=O)=O)n1. The third kappa shape index (κ3) is 9.30. The zero-order valence-corrected chi connectivity index (χ0v) is 25.0. The number of sulfonamides is 1. The highest BCUT2D eigenvalue weighted by molar-refractivity contribution is 7.88. The number of hydrogen-bond acceptors (Lipinski definition) is 9. The lowest BCUT2D eigenvalue weighted by Crippen LogP contribution is -2.47. The Bertz CT molecular complexity index is 1390. The molecule has 2 atom stereocenters. The molecule has 43 heavy (non-hydrogen) atoms. The first kappa shape index (κ1) is 34.6. The molecule has 1 aliphatic heterocycles. The lowest BCUT2D eigenvalue weighted by molar-refractivity contribution is -0.140. The molecule has 0 radical (unpaired) electrons. The fourth-order valence-corrected chi connectivity index (χ4v) is 6.10. The maximum absolute atomic E-state index is 13.8. The molecule has 2 aliphatic rings. The number of nitrogens with one attached hydrogen (secondary N) is 3. The zero-order valence-electron chi connectivity index (χ0n) is 23.4. The van der Waals surface area contributed by atoms with Crippen molar-refractivity contribution in [2.45, 2.75) is 70.3 Å². The van der Waals surface area contributed by atoms with Crippen LogP contribution >= 0.6 is 11.6 Å². The van der Waals surface area contributed by atoms with E-state index in [2.05, 4.69) is 30.2 Å². The number of anilines is 2. The van der Waals surface area contributed by atoms with Gasteiger partial charge >= 0.3 is 6.18 Å². The Hall–Kier alpha value is -2.88. The molecule has 2 heterocycles. The average molecular weight is 651 g/mol. The molecule has 0 bridgehead atoms. The molecule has 1 saturated carbocycles.